The first kappa shape index (κ1) is 11.2. The van der Waals surface area contributed by atoms with Crippen LogP contribution >= 0.6 is 0 Å². The summed E-state index contributed by atoms with van der Waals surface area (Å²) in [5, 5.41) is 0. The second-order valence-corrected chi connectivity index (χ2v) is 3.26. The smallest absolute Gasteiger partial charge is 0.339 e. The summed E-state index contributed by atoms with van der Waals surface area (Å²) in [4.78, 5) is 22.2. The van der Waals surface area contributed by atoms with Crippen LogP contribution in [0.5, 0.6) is 0 Å². The topological polar surface area (TPSA) is 69.4 Å². The predicted octanol–water partition coefficient (Wildman–Crippen LogP) is 1.03. The van der Waals surface area contributed by atoms with Crippen molar-refractivity contribution in [2.24, 2.45) is 5.73 Å². The molecular weight excluding hydrogens is 194 g/mol. The van der Waals surface area contributed by atoms with E-state index in [2.05, 4.69) is 0 Å². The summed E-state index contributed by atoms with van der Waals surface area (Å²) in [5.41, 5.74) is 6.24. The molecule has 0 saturated carbocycles. The predicted molar refractivity (Wildman–Crippen MR) is 55.3 cm³/mol. The number of nitrogens with two attached hydrogens (primary N) is 1. The Labute approximate surface area is 88.0 Å². The van der Waals surface area contributed by atoms with Crippen molar-refractivity contribution in [2.45, 2.75) is 20.0 Å². The lowest BCUT2D eigenvalue weighted by Gasteiger charge is -2.10. The largest absolute Gasteiger partial charge is 0.449 e. The van der Waals surface area contributed by atoms with Crippen molar-refractivity contribution in [3.05, 3.63) is 35.4 Å². The van der Waals surface area contributed by atoms with Gasteiger partial charge in [-0.15, -0.1) is 0 Å². The molecule has 4 heteroatoms. The van der Waals surface area contributed by atoms with Gasteiger partial charge in [0.25, 0.3) is 5.91 Å². The monoisotopic (exact) mass is 207 g/mol. The number of hydrogen-bond donors (Lipinski definition) is 1. The van der Waals surface area contributed by atoms with E-state index in [0.29, 0.717) is 5.56 Å². The van der Waals surface area contributed by atoms with Gasteiger partial charge in [-0.1, -0.05) is 18.2 Å². The second kappa shape index (κ2) is 4.59. The van der Waals surface area contributed by atoms with Crippen molar-refractivity contribution in [3.63, 3.8) is 0 Å². The van der Waals surface area contributed by atoms with Crippen LogP contribution in [-0.4, -0.2) is 18.0 Å². The lowest BCUT2D eigenvalue weighted by Crippen LogP contribution is -2.30. The average Bonchev–Trinajstić information content (AvgIpc) is 2.18. The molecule has 0 spiro atoms. The van der Waals surface area contributed by atoms with Crippen LogP contribution in [0.1, 0.15) is 22.8 Å². The maximum atomic E-state index is 11.6. The lowest BCUT2D eigenvalue weighted by atomic mass is 10.1. The van der Waals surface area contributed by atoms with Gasteiger partial charge in [0.1, 0.15) is 0 Å². The fourth-order valence-corrected chi connectivity index (χ4v) is 1.08. The minimum Gasteiger partial charge on any atom is -0.449 e. The highest BCUT2D eigenvalue weighted by atomic mass is 16.5. The summed E-state index contributed by atoms with van der Waals surface area (Å²) in [5.74, 6) is -1.18. The number of hydrogen-bond acceptors (Lipinski definition) is 3. The van der Waals surface area contributed by atoms with Crippen LogP contribution in [0, 0.1) is 6.92 Å². The molecule has 0 saturated heterocycles. The van der Waals surface area contributed by atoms with E-state index in [0.717, 1.165) is 5.56 Å². The Kier molecular flexibility index (Phi) is 3.44. The molecule has 0 heterocycles. The van der Waals surface area contributed by atoms with Gasteiger partial charge in [-0.25, -0.2) is 4.79 Å². The van der Waals surface area contributed by atoms with Crippen LogP contribution in [-0.2, 0) is 9.53 Å². The fourth-order valence-electron chi connectivity index (χ4n) is 1.08. The summed E-state index contributed by atoms with van der Waals surface area (Å²) in [7, 11) is 0. The Balaban J connectivity index is 2.78. The van der Waals surface area contributed by atoms with Crippen LogP contribution < -0.4 is 5.73 Å². The number of aryl methyl sites for hydroxylation is 1. The Bertz CT molecular complexity index is 387. The van der Waals surface area contributed by atoms with Crippen molar-refractivity contribution >= 4 is 11.9 Å². The number of rotatable bonds is 3. The van der Waals surface area contributed by atoms with Gasteiger partial charge in [-0.3, -0.25) is 4.79 Å². The maximum absolute atomic E-state index is 11.6. The third-order valence-corrected chi connectivity index (χ3v) is 2.05. The molecule has 0 fully saturated rings. The molecule has 0 radical (unpaired) electrons. The van der Waals surface area contributed by atoms with Gasteiger partial charge in [0.05, 0.1) is 5.56 Å². The number of primary amides is 1. The van der Waals surface area contributed by atoms with E-state index in [9.17, 15) is 9.59 Å². The van der Waals surface area contributed by atoms with E-state index in [4.69, 9.17) is 10.5 Å². The van der Waals surface area contributed by atoms with Crippen LogP contribution in [0.2, 0.25) is 0 Å². The molecule has 15 heavy (non-hydrogen) atoms. The molecule has 1 rings (SSSR count). The fraction of sp³-hybridized carbons (Fsp3) is 0.273. The van der Waals surface area contributed by atoms with Crippen LogP contribution in [0.3, 0.4) is 0 Å². The molecule has 0 aliphatic heterocycles. The summed E-state index contributed by atoms with van der Waals surface area (Å²) >= 11 is 0. The van der Waals surface area contributed by atoms with Crippen molar-refractivity contribution in [1.82, 2.24) is 0 Å². The molecular formula is C11H13NO3. The Hall–Kier alpha value is -1.84. The van der Waals surface area contributed by atoms with E-state index >= 15 is 0 Å². The van der Waals surface area contributed by atoms with Crippen LogP contribution in [0.25, 0.3) is 0 Å². The molecule has 80 valence electrons. The SMILES string of the molecule is Cc1ccccc1C(=O)OC(C)C(N)=O. The van der Waals surface area contributed by atoms with Crippen molar-refractivity contribution in [1.29, 1.82) is 0 Å². The molecule has 0 aromatic heterocycles. The number of carbonyl (C=O) groups excluding carboxylic acids is 2. The first-order valence-corrected chi connectivity index (χ1v) is 4.58. The van der Waals surface area contributed by atoms with Gasteiger partial charge >= 0.3 is 5.97 Å². The molecule has 1 unspecified atom stereocenters. The lowest BCUT2D eigenvalue weighted by molar-refractivity contribution is -0.125. The third kappa shape index (κ3) is 2.80. The highest BCUT2D eigenvalue weighted by Gasteiger charge is 2.16. The summed E-state index contributed by atoms with van der Waals surface area (Å²) < 4.78 is 4.87. The van der Waals surface area contributed by atoms with Crippen molar-refractivity contribution in [3.8, 4) is 0 Å². The van der Waals surface area contributed by atoms with E-state index in [1.807, 2.05) is 6.07 Å². The van der Waals surface area contributed by atoms with Gasteiger partial charge in [0.2, 0.25) is 0 Å². The second-order valence-electron chi connectivity index (χ2n) is 3.26. The number of amides is 1. The average molecular weight is 207 g/mol. The molecule has 0 aliphatic rings. The van der Waals surface area contributed by atoms with Gasteiger partial charge in [0.15, 0.2) is 6.10 Å². The normalized spacial score (nSPS) is 11.9. The maximum Gasteiger partial charge on any atom is 0.339 e. The Morgan fingerprint density at radius 2 is 1.93 bits per heavy atom. The molecule has 2 N–H and O–H groups in total. The first-order valence-electron chi connectivity index (χ1n) is 4.58. The van der Waals surface area contributed by atoms with Gasteiger partial charge < -0.3 is 10.5 Å². The molecule has 4 nitrogen and oxygen atoms in total. The van der Waals surface area contributed by atoms with Crippen LogP contribution in [0.15, 0.2) is 24.3 Å². The third-order valence-electron chi connectivity index (χ3n) is 2.05. The molecule has 1 atom stereocenters. The summed E-state index contributed by atoms with van der Waals surface area (Å²) in [6.07, 6.45) is -0.905. The number of esters is 1. The Morgan fingerprint density at radius 3 is 2.47 bits per heavy atom. The zero-order valence-corrected chi connectivity index (χ0v) is 8.69. The standard InChI is InChI=1S/C11H13NO3/c1-7-5-3-4-6-9(7)11(14)15-8(2)10(12)13/h3-6,8H,1-2H3,(H2,12,13). The summed E-state index contributed by atoms with van der Waals surface area (Å²) in [6.45, 7) is 3.24. The van der Waals surface area contributed by atoms with Gasteiger partial charge in [-0.05, 0) is 25.5 Å². The van der Waals surface area contributed by atoms with Gasteiger partial charge in [-0.2, -0.15) is 0 Å². The highest BCUT2D eigenvalue weighted by Crippen LogP contribution is 2.09. The first-order chi connectivity index (χ1) is 7.02. The zero-order chi connectivity index (χ0) is 11.4. The quantitative estimate of drug-likeness (QED) is 0.752. The minimum absolute atomic E-state index is 0.450. The Morgan fingerprint density at radius 1 is 1.33 bits per heavy atom. The van der Waals surface area contributed by atoms with Crippen molar-refractivity contribution < 1.29 is 14.3 Å². The molecule has 1 aromatic rings. The van der Waals surface area contributed by atoms with Gasteiger partial charge in [0, 0.05) is 0 Å². The molecule has 0 aliphatic carbocycles. The minimum atomic E-state index is -0.905. The molecule has 0 bridgehead atoms. The zero-order valence-electron chi connectivity index (χ0n) is 8.69. The van der Waals surface area contributed by atoms with E-state index in [-0.39, 0.29) is 0 Å². The van der Waals surface area contributed by atoms with E-state index < -0.39 is 18.0 Å². The number of carbonyl (C=O) groups is 2. The number of ether oxygens (including phenoxy) is 1. The van der Waals surface area contributed by atoms with E-state index in [1.165, 1.54) is 6.92 Å². The molecule has 1 aromatic carbocycles. The highest BCUT2D eigenvalue weighted by molar-refractivity contribution is 5.93. The van der Waals surface area contributed by atoms with E-state index in [1.54, 1.807) is 25.1 Å². The van der Waals surface area contributed by atoms with Crippen LogP contribution in [0.4, 0.5) is 0 Å². The molecule has 1 amide bonds. The number of benzene rings is 1. The summed E-state index contributed by atoms with van der Waals surface area (Å²) in [6, 6.07) is 7.00. The van der Waals surface area contributed by atoms with Crippen molar-refractivity contribution in [2.75, 3.05) is 0 Å².